The molecule has 0 saturated heterocycles. The van der Waals surface area contributed by atoms with Crippen molar-refractivity contribution in [3.63, 3.8) is 0 Å². The molecular weight excluding hydrogens is 829 g/mol. The van der Waals surface area contributed by atoms with Crippen LogP contribution < -0.4 is 0 Å². The van der Waals surface area contributed by atoms with Crippen LogP contribution in [0.5, 0.6) is 0 Å². The first kappa shape index (κ1) is 65.1. The summed E-state index contributed by atoms with van der Waals surface area (Å²) in [6.45, 7) is 6.69. The van der Waals surface area contributed by atoms with Crippen LogP contribution in [0.3, 0.4) is 0 Å². The van der Waals surface area contributed by atoms with E-state index in [1.165, 1.54) is 244 Å². The van der Waals surface area contributed by atoms with E-state index in [2.05, 4.69) is 32.9 Å². The van der Waals surface area contributed by atoms with E-state index < -0.39 is 6.10 Å². The van der Waals surface area contributed by atoms with Crippen molar-refractivity contribution >= 4 is 17.9 Å². The van der Waals surface area contributed by atoms with Gasteiger partial charge in [0, 0.05) is 19.3 Å². The Kier molecular flexibility index (Phi) is 55.2. The summed E-state index contributed by atoms with van der Waals surface area (Å²) >= 11 is 0. The average Bonchev–Trinajstić information content (AvgIpc) is 3.33. The van der Waals surface area contributed by atoms with E-state index in [4.69, 9.17) is 14.2 Å². The van der Waals surface area contributed by atoms with E-state index in [1.807, 2.05) is 0 Å². The summed E-state index contributed by atoms with van der Waals surface area (Å²) in [6, 6.07) is 0. The molecule has 0 aromatic carbocycles. The number of esters is 3. The van der Waals surface area contributed by atoms with E-state index in [1.54, 1.807) is 0 Å². The number of carbonyl (C=O) groups is 3. The summed E-state index contributed by atoms with van der Waals surface area (Å²) in [5.41, 5.74) is 0. The zero-order chi connectivity index (χ0) is 48.6. The highest BCUT2D eigenvalue weighted by atomic mass is 16.6. The molecular formula is C61H116O6. The largest absolute Gasteiger partial charge is 0.462 e. The number of carbonyl (C=O) groups excluding carboxylic acids is 3. The molecule has 0 aliphatic rings. The zero-order valence-electron chi connectivity index (χ0n) is 45.5. The minimum absolute atomic E-state index is 0.0655. The molecule has 0 N–H and O–H groups in total. The Bertz CT molecular complexity index is 1040. The lowest BCUT2D eigenvalue weighted by molar-refractivity contribution is -0.167. The molecule has 0 aromatic rings. The predicted molar refractivity (Wildman–Crippen MR) is 289 cm³/mol. The van der Waals surface area contributed by atoms with Gasteiger partial charge in [-0.2, -0.15) is 0 Å². The summed E-state index contributed by atoms with van der Waals surface area (Å²) in [6.07, 6.45) is 64.9. The minimum atomic E-state index is -0.767. The molecule has 0 aromatic heterocycles. The molecule has 396 valence electrons. The van der Waals surface area contributed by atoms with Gasteiger partial charge in [-0.15, -0.1) is 0 Å². The highest BCUT2D eigenvalue weighted by molar-refractivity contribution is 5.71. The van der Waals surface area contributed by atoms with Gasteiger partial charge < -0.3 is 14.2 Å². The van der Waals surface area contributed by atoms with Gasteiger partial charge in [0.05, 0.1) is 0 Å². The first-order chi connectivity index (χ1) is 33.0. The second kappa shape index (κ2) is 56.7. The molecule has 0 bridgehead atoms. The van der Waals surface area contributed by atoms with Crippen LogP contribution in [0.2, 0.25) is 0 Å². The topological polar surface area (TPSA) is 78.9 Å². The summed E-state index contributed by atoms with van der Waals surface area (Å²) < 4.78 is 16.9. The van der Waals surface area contributed by atoms with Crippen LogP contribution >= 0.6 is 0 Å². The SMILES string of the molecule is CCCCCC/C=C\CCCCCCCCCC(=O)O[C@@H](COC(=O)CCCCCCCCCCCCCCCCC)COC(=O)CCCCCCCCCCCCCCCCCCCCC. The lowest BCUT2D eigenvalue weighted by Crippen LogP contribution is -2.30. The molecule has 0 heterocycles. The van der Waals surface area contributed by atoms with Crippen LogP contribution in [0, 0.1) is 0 Å². The molecule has 1 atom stereocenters. The Morgan fingerprint density at radius 2 is 0.493 bits per heavy atom. The summed E-state index contributed by atoms with van der Waals surface area (Å²) in [7, 11) is 0. The number of unbranched alkanes of at least 4 members (excludes halogenated alkanes) is 43. The summed E-state index contributed by atoms with van der Waals surface area (Å²) in [5.74, 6) is -0.843. The van der Waals surface area contributed by atoms with Crippen LogP contribution in [0.25, 0.3) is 0 Å². The molecule has 0 fully saturated rings. The van der Waals surface area contributed by atoms with E-state index >= 15 is 0 Å². The van der Waals surface area contributed by atoms with Gasteiger partial charge in [0.25, 0.3) is 0 Å². The predicted octanol–water partition coefficient (Wildman–Crippen LogP) is 20.1. The fraction of sp³-hybridized carbons (Fsp3) is 0.918. The van der Waals surface area contributed by atoms with Crippen LogP contribution in [-0.2, 0) is 28.6 Å². The summed E-state index contributed by atoms with van der Waals surface area (Å²) in [5, 5.41) is 0. The smallest absolute Gasteiger partial charge is 0.306 e. The second-order valence-corrected chi connectivity index (χ2v) is 20.6. The van der Waals surface area contributed by atoms with Crippen molar-refractivity contribution in [3.05, 3.63) is 12.2 Å². The highest BCUT2D eigenvalue weighted by Crippen LogP contribution is 2.18. The number of hydrogen-bond donors (Lipinski definition) is 0. The third-order valence-electron chi connectivity index (χ3n) is 13.8. The Morgan fingerprint density at radius 3 is 0.761 bits per heavy atom. The molecule has 0 aliphatic carbocycles. The standard InChI is InChI=1S/C61H116O6/c1-4-7-10-13-16-19-22-25-28-29-30-31-34-36-39-42-45-48-51-54-60(63)66-57-58(67-61(64)55-52-49-46-43-40-37-33-27-24-21-18-15-12-9-6-3)56-65-59(62)53-50-47-44-41-38-35-32-26-23-20-17-14-11-8-5-2/h21,24,58H,4-20,22-23,25-57H2,1-3H3/b24-21-/t58-/m0/s1. The maximum absolute atomic E-state index is 12.9. The number of allylic oxidation sites excluding steroid dienone is 2. The van der Waals surface area contributed by atoms with Crippen molar-refractivity contribution in [1.82, 2.24) is 0 Å². The molecule has 0 saturated carbocycles. The lowest BCUT2D eigenvalue weighted by atomic mass is 10.0. The number of ether oxygens (including phenoxy) is 3. The van der Waals surface area contributed by atoms with E-state index in [0.29, 0.717) is 19.3 Å². The third-order valence-corrected chi connectivity index (χ3v) is 13.8. The Labute approximate surface area is 418 Å². The van der Waals surface area contributed by atoms with Crippen LogP contribution in [0.15, 0.2) is 12.2 Å². The molecule has 0 amide bonds. The quantitative estimate of drug-likeness (QED) is 0.0262. The van der Waals surface area contributed by atoms with Gasteiger partial charge in [0.1, 0.15) is 13.2 Å². The third kappa shape index (κ3) is 55.0. The molecule has 67 heavy (non-hydrogen) atoms. The van der Waals surface area contributed by atoms with Gasteiger partial charge in [0.2, 0.25) is 0 Å². The van der Waals surface area contributed by atoms with Crippen LogP contribution in [0.1, 0.15) is 342 Å². The highest BCUT2D eigenvalue weighted by Gasteiger charge is 2.19. The summed E-state index contributed by atoms with van der Waals surface area (Å²) in [4.78, 5) is 38.2. The van der Waals surface area contributed by atoms with Crippen molar-refractivity contribution < 1.29 is 28.6 Å². The molecule has 0 aliphatic heterocycles. The monoisotopic (exact) mass is 945 g/mol. The van der Waals surface area contributed by atoms with Crippen molar-refractivity contribution in [1.29, 1.82) is 0 Å². The maximum Gasteiger partial charge on any atom is 0.306 e. The molecule has 0 unspecified atom stereocenters. The number of hydrogen-bond acceptors (Lipinski definition) is 6. The first-order valence-electron chi connectivity index (χ1n) is 30.2. The average molecular weight is 946 g/mol. The lowest BCUT2D eigenvalue weighted by Gasteiger charge is -2.18. The van der Waals surface area contributed by atoms with Gasteiger partial charge in [-0.3, -0.25) is 14.4 Å². The van der Waals surface area contributed by atoms with E-state index in [0.717, 1.165) is 57.8 Å². The fourth-order valence-electron chi connectivity index (χ4n) is 9.21. The zero-order valence-corrected chi connectivity index (χ0v) is 45.5. The van der Waals surface area contributed by atoms with Gasteiger partial charge in [0.15, 0.2) is 6.10 Å². The Hall–Kier alpha value is -1.85. The minimum Gasteiger partial charge on any atom is -0.462 e. The van der Waals surface area contributed by atoms with Gasteiger partial charge in [-0.25, -0.2) is 0 Å². The maximum atomic E-state index is 12.9. The molecule has 6 nitrogen and oxygen atoms in total. The van der Waals surface area contributed by atoms with Crippen molar-refractivity contribution in [2.45, 2.75) is 348 Å². The molecule has 0 spiro atoms. The van der Waals surface area contributed by atoms with E-state index in [9.17, 15) is 14.4 Å². The molecule has 0 rings (SSSR count). The van der Waals surface area contributed by atoms with Crippen LogP contribution in [-0.4, -0.2) is 37.2 Å². The molecule has 6 heteroatoms. The van der Waals surface area contributed by atoms with Gasteiger partial charge >= 0.3 is 17.9 Å². The van der Waals surface area contributed by atoms with Gasteiger partial charge in [-0.05, 0) is 44.9 Å². The van der Waals surface area contributed by atoms with Crippen molar-refractivity contribution in [3.8, 4) is 0 Å². The normalized spacial score (nSPS) is 12.0. The van der Waals surface area contributed by atoms with E-state index in [-0.39, 0.29) is 31.1 Å². The Morgan fingerprint density at radius 1 is 0.284 bits per heavy atom. The van der Waals surface area contributed by atoms with Crippen LogP contribution in [0.4, 0.5) is 0 Å². The number of rotatable bonds is 56. The second-order valence-electron chi connectivity index (χ2n) is 20.6. The fourth-order valence-corrected chi connectivity index (χ4v) is 9.21. The molecule has 0 radical (unpaired) electrons. The van der Waals surface area contributed by atoms with Gasteiger partial charge in [-0.1, -0.05) is 290 Å². The van der Waals surface area contributed by atoms with Crippen molar-refractivity contribution in [2.24, 2.45) is 0 Å². The Balaban J connectivity index is 4.29. The van der Waals surface area contributed by atoms with Crippen molar-refractivity contribution in [2.75, 3.05) is 13.2 Å². The first-order valence-corrected chi connectivity index (χ1v) is 30.2.